The smallest absolute Gasteiger partial charge is 0.324 e. The molecule has 0 spiro atoms. The van der Waals surface area contributed by atoms with Crippen LogP contribution in [0, 0.1) is 0 Å². The molecule has 0 aliphatic heterocycles. The van der Waals surface area contributed by atoms with Gasteiger partial charge in [-0.1, -0.05) is 60.7 Å². The molecule has 0 atom stereocenters. The lowest BCUT2D eigenvalue weighted by molar-refractivity contribution is 0.369. The second kappa shape index (κ2) is 10.3. The number of aromatic nitrogens is 2. The number of hydrogen-bond donors (Lipinski definition) is 4. The average molecular weight is 472 g/mol. The summed E-state index contributed by atoms with van der Waals surface area (Å²) in [7, 11) is -8.07. The van der Waals surface area contributed by atoms with Crippen LogP contribution in [0.1, 0.15) is 11.4 Å². The Hall–Kier alpha value is -2.70. The van der Waals surface area contributed by atoms with Gasteiger partial charge in [0.15, 0.2) is 0 Å². The van der Waals surface area contributed by atoms with Crippen LogP contribution in [-0.4, -0.2) is 29.5 Å². The van der Waals surface area contributed by atoms with Crippen LogP contribution >= 0.6 is 15.2 Å². The second-order valence-corrected chi connectivity index (χ2v) is 10.3. The van der Waals surface area contributed by atoms with E-state index in [1.165, 1.54) is 0 Å². The van der Waals surface area contributed by atoms with Gasteiger partial charge in [-0.2, -0.15) is 0 Å². The maximum absolute atomic E-state index is 10.8. The highest BCUT2D eigenvalue weighted by Gasteiger charge is 2.15. The van der Waals surface area contributed by atoms with Crippen LogP contribution in [0.25, 0.3) is 22.0 Å². The summed E-state index contributed by atoms with van der Waals surface area (Å²) in [6.07, 6.45) is 1.00. The van der Waals surface area contributed by atoms with Crippen LogP contribution in [0.4, 0.5) is 0 Å². The first-order valence-corrected chi connectivity index (χ1v) is 13.1. The Balaban J connectivity index is 0.000000182. The van der Waals surface area contributed by atoms with Gasteiger partial charge in [0.1, 0.15) is 0 Å². The molecule has 0 aliphatic rings. The minimum atomic E-state index is -4.04. The van der Waals surface area contributed by atoms with Crippen molar-refractivity contribution in [3.63, 3.8) is 0 Å². The fourth-order valence-corrected chi connectivity index (χ4v) is 4.15. The summed E-state index contributed by atoms with van der Waals surface area (Å²) in [5, 5.41) is 0.965. The molecule has 166 valence electrons. The van der Waals surface area contributed by atoms with E-state index in [4.69, 9.17) is 19.6 Å². The zero-order valence-electron chi connectivity index (χ0n) is 16.9. The summed E-state index contributed by atoms with van der Waals surface area (Å²) < 4.78 is 21.6. The number of para-hydroxylation sites is 1. The fourth-order valence-electron chi connectivity index (χ4n) is 2.94. The summed E-state index contributed by atoms with van der Waals surface area (Å²) in [5.41, 5.74) is 3.53. The molecule has 0 aliphatic carbocycles. The molecule has 0 fully saturated rings. The van der Waals surface area contributed by atoms with Gasteiger partial charge in [-0.3, -0.25) is 19.1 Å². The first-order valence-electron chi connectivity index (χ1n) is 9.53. The van der Waals surface area contributed by atoms with Crippen molar-refractivity contribution in [1.29, 1.82) is 0 Å². The molecule has 2 heterocycles. The monoisotopic (exact) mass is 472 g/mol. The third-order valence-electron chi connectivity index (χ3n) is 4.32. The van der Waals surface area contributed by atoms with Crippen molar-refractivity contribution >= 4 is 26.1 Å². The van der Waals surface area contributed by atoms with Gasteiger partial charge < -0.3 is 19.6 Å². The third kappa shape index (κ3) is 7.77. The molecular formula is C22H22N2O6P2. The number of benzene rings is 2. The first-order chi connectivity index (χ1) is 15.1. The van der Waals surface area contributed by atoms with Crippen molar-refractivity contribution in [2.24, 2.45) is 0 Å². The minimum absolute atomic E-state index is 0.308. The SMILES string of the molecule is O=P(O)(O)Cc1ccc(-c2ccccc2)cn1.O=P(O)(O)Cc1ccc2ccccc2n1. The fraction of sp³-hybridized carbons (Fsp3) is 0.0909. The number of rotatable bonds is 5. The molecule has 0 amide bonds. The highest BCUT2D eigenvalue weighted by molar-refractivity contribution is 7.51. The molecule has 2 aromatic heterocycles. The summed E-state index contributed by atoms with van der Waals surface area (Å²) in [6, 6.07) is 24.1. The van der Waals surface area contributed by atoms with Crippen molar-refractivity contribution in [3.05, 3.63) is 96.4 Å². The number of hydrogen-bond acceptors (Lipinski definition) is 4. The average Bonchev–Trinajstić information content (AvgIpc) is 2.73. The maximum atomic E-state index is 10.8. The lowest BCUT2D eigenvalue weighted by atomic mass is 10.1. The first kappa shape index (κ1) is 24.0. The van der Waals surface area contributed by atoms with E-state index >= 15 is 0 Å². The van der Waals surface area contributed by atoms with E-state index < -0.39 is 15.2 Å². The zero-order chi connectivity index (χ0) is 23.2. The van der Waals surface area contributed by atoms with Gasteiger partial charge in [0, 0.05) is 17.1 Å². The molecule has 0 saturated heterocycles. The normalized spacial score (nSPS) is 11.6. The molecule has 0 saturated carbocycles. The van der Waals surface area contributed by atoms with E-state index in [9.17, 15) is 9.13 Å². The Labute approximate surface area is 185 Å². The van der Waals surface area contributed by atoms with Gasteiger partial charge in [-0.25, -0.2) is 0 Å². The molecule has 0 radical (unpaired) electrons. The molecule has 2 aromatic carbocycles. The number of nitrogens with zero attached hydrogens (tertiary/aromatic N) is 2. The Bertz CT molecular complexity index is 1270. The van der Waals surface area contributed by atoms with Crippen LogP contribution in [0.5, 0.6) is 0 Å². The van der Waals surface area contributed by atoms with Crippen molar-refractivity contribution in [2.75, 3.05) is 0 Å². The van der Waals surface area contributed by atoms with Gasteiger partial charge >= 0.3 is 15.2 Å². The molecular weight excluding hydrogens is 450 g/mol. The Kier molecular flexibility index (Phi) is 7.69. The van der Waals surface area contributed by atoms with Crippen LogP contribution in [-0.2, 0) is 21.5 Å². The van der Waals surface area contributed by atoms with E-state index in [0.29, 0.717) is 11.4 Å². The molecule has 0 unspecified atom stereocenters. The predicted octanol–water partition coefficient (Wildman–Crippen LogP) is 4.34. The molecule has 32 heavy (non-hydrogen) atoms. The van der Waals surface area contributed by atoms with E-state index in [0.717, 1.165) is 22.0 Å². The van der Waals surface area contributed by atoms with Crippen LogP contribution in [0.3, 0.4) is 0 Å². The van der Waals surface area contributed by atoms with Gasteiger partial charge in [0.2, 0.25) is 0 Å². The van der Waals surface area contributed by atoms with E-state index in [2.05, 4.69) is 9.97 Å². The maximum Gasteiger partial charge on any atom is 0.331 e. The van der Waals surface area contributed by atoms with Crippen LogP contribution in [0.2, 0.25) is 0 Å². The summed E-state index contributed by atoms with van der Waals surface area (Å²) in [5.74, 6) is 0. The van der Waals surface area contributed by atoms with Gasteiger partial charge in [-0.15, -0.1) is 0 Å². The predicted molar refractivity (Wildman–Crippen MR) is 123 cm³/mol. The topological polar surface area (TPSA) is 141 Å². The Morgan fingerprint density at radius 3 is 1.84 bits per heavy atom. The molecule has 8 nitrogen and oxygen atoms in total. The highest BCUT2D eigenvalue weighted by atomic mass is 31.2. The van der Waals surface area contributed by atoms with Crippen molar-refractivity contribution in [1.82, 2.24) is 9.97 Å². The summed E-state index contributed by atoms with van der Waals surface area (Å²) >= 11 is 0. The summed E-state index contributed by atoms with van der Waals surface area (Å²) in [4.78, 5) is 43.5. The summed E-state index contributed by atoms with van der Waals surface area (Å²) in [6.45, 7) is 0. The van der Waals surface area contributed by atoms with Gasteiger partial charge in [0.25, 0.3) is 0 Å². The van der Waals surface area contributed by atoms with Gasteiger partial charge in [-0.05, 0) is 23.8 Å². The number of fused-ring (bicyclic) bond motifs is 1. The largest absolute Gasteiger partial charge is 0.331 e. The van der Waals surface area contributed by atoms with E-state index in [-0.39, 0.29) is 12.3 Å². The third-order valence-corrected chi connectivity index (χ3v) is 5.80. The lowest BCUT2D eigenvalue weighted by Gasteiger charge is -2.05. The van der Waals surface area contributed by atoms with Crippen LogP contribution < -0.4 is 0 Å². The van der Waals surface area contributed by atoms with Crippen LogP contribution in [0.15, 0.2) is 85.1 Å². The molecule has 10 heteroatoms. The number of pyridine rings is 2. The quantitative estimate of drug-likeness (QED) is 0.315. The van der Waals surface area contributed by atoms with Crippen molar-refractivity contribution < 1.29 is 28.7 Å². The standard InChI is InChI=1S/C12H12NO3P.C10H10NO3P/c14-17(15,16)9-12-7-6-11(8-13-12)10-4-2-1-3-5-10;12-15(13,14)7-9-6-5-8-3-1-2-4-10(8)11-9/h1-8H,9H2,(H2,14,15,16);1-6H,7H2,(H2,12,13,14). The minimum Gasteiger partial charge on any atom is -0.324 e. The van der Waals surface area contributed by atoms with E-state index in [1.54, 1.807) is 18.3 Å². The molecule has 0 bridgehead atoms. The van der Waals surface area contributed by atoms with Gasteiger partial charge in [0.05, 0.1) is 29.2 Å². The molecule has 4 rings (SSSR count). The highest BCUT2D eigenvalue weighted by Crippen LogP contribution is 2.39. The Morgan fingerprint density at radius 1 is 0.625 bits per heavy atom. The van der Waals surface area contributed by atoms with Crippen molar-refractivity contribution in [2.45, 2.75) is 12.3 Å². The molecule has 4 aromatic rings. The lowest BCUT2D eigenvalue weighted by Crippen LogP contribution is -1.91. The molecule has 4 N–H and O–H groups in total. The van der Waals surface area contributed by atoms with E-state index in [1.807, 2.05) is 66.7 Å². The second-order valence-electron chi connectivity index (χ2n) is 7.05. The van der Waals surface area contributed by atoms with Crippen molar-refractivity contribution in [3.8, 4) is 11.1 Å². The zero-order valence-corrected chi connectivity index (χ0v) is 18.7. The Morgan fingerprint density at radius 2 is 1.22 bits per heavy atom.